The summed E-state index contributed by atoms with van der Waals surface area (Å²) in [6.07, 6.45) is 0.860. The highest BCUT2D eigenvalue weighted by Crippen LogP contribution is 2.34. The number of fused-ring (bicyclic) bond motifs is 1. The van der Waals surface area contributed by atoms with Gasteiger partial charge in [-0.1, -0.05) is 40.2 Å². The third-order valence-electron chi connectivity index (χ3n) is 3.02. The van der Waals surface area contributed by atoms with E-state index in [1.54, 1.807) is 7.11 Å². The molecule has 1 aromatic carbocycles. The van der Waals surface area contributed by atoms with Crippen molar-refractivity contribution in [2.75, 3.05) is 20.3 Å². The van der Waals surface area contributed by atoms with Crippen molar-refractivity contribution in [1.29, 1.82) is 0 Å². The first kappa shape index (κ1) is 12.6. The van der Waals surface area contributed by atoms with Crippen molar-refractivity contribution in [3.8, 4) is 0 Å². The van der Waals surface area contributed by atoms with Gasteiger partial charge in [-0.3, -0.25) is 4.79 Å². The molecule has 0 spiro atoms. The molecular weight excluding hydrogens is 282 g/mol. The van der Waals surface area contributed by atoms with Gasteiger partial charge in [0.05, 0.1) is 17.4 Å². The Balaban J connectivity index is 1.83. The van der Waals surface area contributed by atoms with Gasteiger partial charge in [-0.05, 0) is 17.5 Å². The lowest BCUT2D eigenvalue weighted by Crippen LogP contribution is -2.38. The van der Waals surface area contributed by atoms with Crippen molar-refractivity contribution >= 4 is 21.8 Å². The zero-order valence-electron chi connectivity index (χ0n) is 9.78. The van der Waals surface area contributed by atoms with Crippen molar-refractivity contribution in [2.45, 2.75) is 17.2 Å². The maximum absolute atomic E-state index is 11.9. The quantitative estimate of drug-likeness (QED) is 0.843. The first-order chi connectivity index (χ1) is 8.22. The van der Waals surface area contributed by atoms with Crippen LogP contribution in [0.1, 0.15) is 17.0 Å². The SMILES string of the molecule is COCC(Br)CNC(=O)C1Cc2ccccc21. The molecule has 0 radical (unpaired) electrons. The number of benzene rings is 1. The van der Waals surface area contributed by atoms with E-state index >= 15 is 0 Å². The van der Waals surface area contributed by atoms with Gasteiger partial charge in [-0.15, -0.1) is 0 Å². The van der Waals surface area contributed by atoms with Crippen molar-refractivity contribution in [1.82, 2.24) is 5.32 Å². The minimum absolute atomic E-state index is 0.0356. The Kier molecular flexibility index (Phi) is 4.18. The van der Waals surface area contributed by atoms with Gasteiger partial charge in [0.15, 0.2) is 0 Å². The van der Waals surface area contributed by atoms with Crippen LogP contribution in [-0.4, -0.2) is 31.0 Å². The molecule has 0 saturated carbocycles. The summed E-state index contributed by atoms with van der Waals surface area (Å²) in [5.41, 5.74) is 2.46. The van der Waals surface area contributed by atoms with E-state index in [0.29, 0.717) is 13.2 Å². The number of alkyl halides is 1. The fourth-order valence-corrected chi connectivity index (χ4v) is 2.49. The molecule has 1 aliphatic rings. The molecule has 2 unspecified atom stereocenters. The number of halogens is 1. The second kappa shape index (κ2) is 5.65. The van der Waals surface area contributed by atoms with Gasteiger partial charge in [-0.2, -0.15) is 0 Å². The van der Waals surface area contributed by atoms with Crippen molar-refractivity contribution in [3.63, 3.8) is 0 Å². The predicted octanol–water partition coefficient (Wildman–Crippen LogP) is 1.85. The molecule has 2 atom stereocenters. The fraction of sp³-hybridized carbons (Fsp3) is 0.462. The van der Waals surface area contributed by atoms with E-state index in [4.69, 9.17) is 4.74 Å². The zero-order chi connectivity index (χ0) is 12.3. The highest BCUT2D eigenvalue weighted by atomic mass is 79.9. The molecule has 92 valence electrons. The molecule has 1 N–H and O–H groups in total. The summed E-state index contributed by atoms with van der Waals surface area (Å²) in [7, 11) is 1.65. The second-order valence-electron chi connectivity index (χ2n) is 4.25. The first-order valence-corrected chi connectivity index (χ1v) is 6.62. The maximum atomic E-state index is 11.9. The Morgan fingerprint density at radius 1 is 1.59 bits per heavy atom. The highest BCUT2D eigenvalue weighted by molar-refractivity contribution is 9.09. The van der Waals surface area contributed by atoms with Gasteiger partial charge >= 0.3 is 0 Å². The second-order valence-corrected chi connectivity index (χ2v) is 5.55. The number of ether oxygens (including phenoxy) is 1. The lowest BCUT2D eigenvalue weighted by Gasteiger charge is -2.29. The summed E-state index contributed by atoms with van der Waals surface area (Å²) in [4.78, 5) is 12.1. The Morgan fingerprint density at radius 3 is 3.06 bits per heavy atom. The molecule has 3 nitrogen and oxygen atoms in total. The Hall–Kier alpha value is -0.870. The topological polar surface area (TPSA) is 38.3 Å². The smallest absolute Gasteiger partial charge is 0.227 e. The van der Waals surface area contributed by atoms with Crippen LogP contribution in [0.2, 0.25) is 0 Å². The van der Waals surface area contributed by atoms with E-state index in [9.17, 15) is 4.79 Å². The summed E-state index contributed by atoms with van der Waals surface area (Å²) in [5, 5.41) is 2.94. The van der Waals surface area contributed by atoms with E-state index in [1.165, 1.54) is 11.1 Å². The first-order valence-electron chi connectivity index (χ1n) is 5.71. The number of hydrogen-bond acceptors (Lipinski definition) is 2. The van der Waals surface area contributed by atoms with E-state index in [2.05, 4.69) is 27.3 Å². The van der Waals surface area contributed by atoms with Crippen LogP contribution in [0, 0.1) is 0 Å². The molecule has 1 aromatic rings. The average molecular weight is 298 g/mol. The molecule has 1 aliphatic carbocycles. The number of amides is 1. The predicted molar refractivity (Wildman–Crippen MR) is 70.5 cm³/mol. The monoisotopic (exact) mass is 297 g/mol. The normalized spacial score (nSPS) is 19.1. The van der Waals surface area contributed by atoms with Crippen LogP contribution in [0.25, 0.3) is 0 Å². The Morgan fingerprint density at radius 2 is 2.35 bits per heavy atom. The molecule has 0 bridgehead atoms. The molecule has 1 amide bonds. The fourth-order valence-electron chi connectivity index (χ4n) is 2.07. The lowest BCUT2D eigenvalue weighted by molar-refractivity contribution is -0.123. The van der Waals surface area contributed by atoms with E-state index in [0.717, 1.165) is 6.42 Å². The van der Waals surface area contributed by atoms with Crippen LogP contribution >= 0.6 is 15.9 Å². The minimum Gasteiger partial charge on any atom is -0.383 e. The molecule has 2 rings (SSSR count). The minimum atomic E-state index is 0.0356. The van der Waals surface area contributed by atoms with Crippen molar-refractivity contribution in [2.24, 2.45) is 0 Å². The van der Waals surface area contributed by atoms with Gasteiger partial charge in [0.1, 0.15) is 0 Å². The standard InChI is InChI=1S/C13H16BrNO2/c1-17-8-10(14)7-15-13(16)12-6-9-4-2-3-5-11(9)12/h2-5,10,12H,6-8H2,1H3,(H,15,16). The average Bonchev–Trinajstić information content (AvgIpc) is 2.28. The number of rotatable bonds is 5. The van der Waals surface area contributed by atoms with Gasteiger partial charge < -0.3 is 10.1 Å². The van der Waals surface area contributed by atoms with Crippen LogP contribution in [0.5, 0.6) is 0 Å². The van der Waals surface area contributed by atoms with Crippen LogP contribution in [0.4, 0.5) is 0 Å². The van der Waals surface area contributed by atoms with Gasteiger partial charge in [-0.25, -0.2) is 0 Å². The van der Waals surface area contributed by atoms with Crippen molar-refractivity contribution < 1.29 is 9.53 Å². The van der Waals surface area contributed by atoms with Crippen LogP contribution < -0.4 is 5.32 Å². The molecular formula is C13H16BrNO2. The molecule has 4 heteroatoms. The van der Waals surface area contributed by atoms with Crippen LogP contribution in [0.15, 0.2) is 24.3 Å². The van der Waals surface area contributed by atoms with E-state index < -0.39 is 0 Å². The number of methoxy groups -OCH3 is 1. The number of carbonyl (C=O) groups is 1. The third kappa shape index (κ3) is 2.87. The van der Waals surface area contributed by atoms with E-state index in [1.807, 2.05) is 18.2 Å². The lowest BCUT2D eigenvalue weighted by atomic mass is 9.77. The summed E-state index contributed by atoms with van der Waals surface area (Å²) >= 11 is 3.45. The van der Waals surface area contributed by atoms with Gasteiger partial charge in [0.2, 0.25) is 5.91 Å². The Bertz CT molecular complexity index is 408. The summed E-state index contributed by atoms with van der Waals surface area (Å²) in [5.74, 6) is 0.151. The summed E-state index contributed by atoms with van der Waals surface area (Å²) < 4.78 is 4.99. The van der Waals surface area contributed by atoms with Crippen LogP contribution in [-0.2, 0) is 16.0 Å². The summed E-state index contributed by atoms with van der Waals surface area (Å²) in [6.45, 7) is 1.20. The molecule has 0 aliphatic heterocycles. The van der Waals surface area contributed by atoms with Gasteiger partial charge in [0, 0.05) is 13.7 Å². The zero-order valence-corrected chi connectivity index (χ0v) is 11.4. The van der Waals surface area contributed by atoms with Gasteiger partial charge in [0.25, 0.3) is 0 Å². The molecule has 17 heavy (non-hydrogen) atoms. The summed E-state index contributed by atoms with van der Waals surface area (Å²) in [6, 6.07) is 8.11. The molecule has 0 fully saturated rings. The molecule has 0 heterocycles. The molecule has 0 saturated heterocycles. The number of hydrogen-bond donors (Lipinski definition) is 1. The maximum Gasteiger partial charge on any atom is 0.227 e. The van der Waals surface area contributed by atoms with Crippen molar-refractivity contribution in [3.05, 3.63) is 35.4 Å². The highest BCUT2D eigenvalue weighted by Gasteiger charge is 2.31. The third-order valence-corrected chi connectivity index (χ3v) is 3.60. The number of nitrogens with one attached hydrogen (secondary N) is 1. The molecule has 0 aromatic heterocycles. The largest absolute Gasteiger partial charge is 0.383 e. The Labute approximate surface area is 110 Å². The van der Waals surface area contributed by atoms with Crippen LogP contribution in [0.3, 0.4) is 0 Å². The van der Waals surface area contributed by atoms with E-state index in [-0.39, 0.29) is 16.7 Å². The number of carbonyl (C=O) groups excluding carboxylic acids is 1.